The quantitative estimate of drug-likeness (QED) is 0.120. The van der Waals surface area contributed by atoms with Crippen molar-refractivity contribution in [3.63, 3.8) is 0 Å². The van der Waals surface area contributed by atoms with Crippen LogP contribution in [0.4, 0.5) is 25.2 Å². The molecule has 0 saturated carbocycles. The summed E-state index contributed by atoms with van der Waals surface area (Å²) in [6.07, 6.45) is 10.8. The van der Waals surface area contributed by atoms with E-state index in [1.54, 1.807) is 0 Å². The van der Waals surface area contributed by atoms with Crippen molar-refractivity contribution < 1.29 is 57.6 Å². The third-order valence-electron chi connectivity index (χ3n) is 4.88. The maximum atomic E-state index is 10.1. The molecule has 2 aromatic carbocycles. The summed E-state index contributed by atoms with van der Waals surface area (Å²) < 4.78 is 66.2. The van der Waals surface area contributed by atoms with Gasteiger partial charge in [0.2, 0.25) is 0 Å². The SMILES string of the molecule is CCCCCCCCCCC(O)COc1ccc(-c2ccc([IH+])cc2)cc1.F[P-](F)(F)(F)(F)F. The molecule has 0 saturated heterocycles. The third kappa shape index (κ3) is 19.3. The number of hydrogen-bond donors (Lipinski definition) is 1. The number of unbranched alkanes of at least 4 members (excludes halogenated alkanes) is 7. The van der Waals surface area contributed by atoms with Gasteiger partial charge >= 0.3 is 33.0 Å². The van der Waals surface area contributed by atoms with Gasteiger partial charge in [-0.3, -0.25) is 0 Å². The van der Waals surface area contributed by atoms with E-state index in [0.29, 0.717) is 6.61 Å². The molecule has 0 aliphatic carbocycles. The second kappa shape index (κ2) is 13.3. The summed E-state index contributed by atoms with van der Waals surface area (Å²) in [7, 11) is -10.7. The number of rotatable bonds is 13. The van der Waals surface area contributed by atoms with E-state index in [1.807, 2.05) is 34.7 Å². The van der Waals surface area contributed by atoms with Gasteiger partial charge in [-0.15, -0.1) is 0 Å². The molecule has 34 heavy (non-hydrogen) atoms. The number of aliphatic hydroxyl groups excluding tert-OH is 1. The molecule has 1 atom stereocenters. The molecule has 0 aliphatic heterocycles. The van der Waals surface area contributed by atoms with E-state index in [9.17, 15) is 30.3 Å². The fraction of sp³-hybridized carbons (Fsp3) is 0.500. The number of hydrogen-bond acceptors (Lipinski definition) is 2. The van der Waals surface area contributed by atoms with Crippen molar-refractivity contribution in [3.8, 4) is 16.9 Å². The van der Waals surface area contributed by atoms with Crippen molar-refractivity contribution >= 4 is 7.81 Å². The molecule has 1 unspecified atom stereocenters. The first-order valence-corrected chi connectivity index (χ1v) is 14.6. The molecule has 0 radical (unpaired) electrons. The van der Waals surface area contributed by atoms with Gasteiger partial charge in [-0.1, -0.05) is 70.4 Å². The normalized spacial score (nSPS) is 14.4. The Hall–Kier alpha value is -1.06. The van der Waals surface area contributed by atoms with Gasteiger partial charge < -0.3 is 9.84 Å². The summed E-state index contributed by atoms with van der Waals surface area (Å²) in [6, 6.07) is 16.7. The van der Waals surface area contributed by atoms with Gasteiger partial charge in [-0.25, -0.2) is 0 Å². The van der Waals surface area contributed by atoms with E-state index in [2.05, 4.69) is 43.3 Å². The van der Waals surface area contributed by atoms with Gasteiger partial charge in [0, 0.05) is 0 Å². The minimum absolute atomic E-state index is 0.373. The number of benzene rings is 2. The zero-order valence-corrected chi connectivity index (χ0v) is 22.5. The second-order valence-corrected chi connectivity index (χ2v) is 11.5. The topological polar surface area (TPSA) is 29.5 Å². The second-order valence-electron chi connectivity index (χ2n) is 8.24. The van der Waals surface area contributed by atoms with Crippen LogP contribution in [0.5, 0.6) is 5.75 Å². The van der Waals surface area contributed by atoms with Crippen LogP contribution in [-0.2, 0) is 0 Å². The van der Waals surface area contributed by atoms with E-state index < -0.39 is 7.81 Å². The Balaban J connectivity index is 0.000000718. The van der Waals surface area contributed by atoms with Gasteiger partial charge in [-0.05, 0) is 53.9 Å². The average Bonchev–Trinajstić information content (AvgIpc) is 2.73. The molecule has 0 amide bonds. The van der Waals surface area contributed by atoms with E-state index in [4.69, 9.17) is 4.74 Å². The average molecular weight is 626 g/mol. The molecular formula is C24H34F6IO2P. The van der Waals surface area contributed by atoms with Crippen LogP contribution in [0.3, 0.4) is 0 Å². The van der Waals surface area contributed by atoms with Crippen molar-refractivity contribution in [1.82, 2.24) is 0 Å². The predicted octanol–water partition coefficient (Wildman–Crippen LogP) is 6.46. The summed E-state index contributed by atoms with van der Waals surface area (Å²) in [4.78, 5) is 0. The van der Waals surface area contributed by atoms with Gasteiger partial charge in [0.1, 0.15) is 12.4 Å². The van der Waals surface area contributed by atoms with Gasteiger partial charge in [-0.2, -0.15) is 0 Å². The first kappa shape index (κ1) is 31.0. The minimum atomic E-state index is -10.7. The molecule has 0 heterocycles. The number of aliphatic hydroxyl groups is 1. The molecule has 0 spiro atoms. The van der Waals surface area contributed by atoms with E-state index in [1.165, 1.54) is 59.6 Å². The molecule has 196 valence electrons. The first-order chi connectivity index (χ1) is 15.6. The third-order valence-corrected chi connectivity index (χ3v) is 5.65. The van der Waals surface area contributed by atoms with Crippen LogP contribution in [-0.4, -0.2) is 17.8 Å². The Bertz CT molecular complexity index is 816. The summed E-state index contributed by atoms with van der Waals surface area (Å²) >= 11 is 2.02. The van der Waals surface area contributed by atoms with Crippen LogP contribution >= 0.6 is 7.81 Å². The van der Waals surface area contributed by atoms with Crippen LogP contribution in [0, 0.1) is 3.57 Å². The van der Waals surface area contributed by atoms with Crippen LogP contribution in [0.2, 0.25) is 0 Å². The van der Waals surface area contributed by atoms with Crippen LogP contribution in [0.25, 0.3) is 11.1 Å². The van der Waals surface area contributed by atoms with Crippen LogP contribution in [0.15, 0.2) is 48.5 Å². The Morgan fingerprint density at radius 1 is 0.735 bits per heavy atom. The molecule has 2 aromatic rings. The van der Waals surface area contributed by atoms with Crippen molar-refractivity contribution in [2.24, 2.45) is 0 Å². The fourth-order valence-electron chi connectivity index (χ4n) is 3.18. The Labute approximate surface area is 211 Å². The summed E-state index contributed by atoms with van der Waals surface area (Å²) in [6.45, 7) is 2.63. The molecule has 2 nitrogen and oxygen atoms in total. The van der Waals surface area contributed by atoms with Gasteiger partial charge in [0.05, 0.1) is 6.10 Å². The summed E-state index contributed by atoms with van der Waals surface area (Å²) in [5, 5.41) is 10.1. The Morgan fingerprint density at radius 2 is 1.15 bits per heavy atom. The first-order valence-electron chi connectivity index (χ1n) is 11.4. The van der Waals surface area contributed by atoms with Crippen LogP contribution < -0.4 is 27.3 Å². The molecule has 2 rings (SSSR count). The Kier molecular flexibility index (Phi) is 12.1. The predicted molar refractivity (Wildman–Crippen MR) is 124 cm³/mol. The van der Waals surface area contributed by atoms with Crippen molar-refractivity contribution in [2.75, 3.05) is 6.61 Å². The van der Waals surface area contributed by atoms with Gasteiger partial charge in [0.15, 0.2) is 3.57 Å². The Morgan fingerprint density at radius 3 is 1.62 bits per heavy atom. The number of halogens is 7. The summed E-state index contributed by atoms with van der Waals surface area (Å²) in [5.74, 6) is 0.821. The van der Waals surface area contributed by atoms with E-state index in [-0.39, 0.29) is 6.10 Å². The monoisotopic (exact) mass is 626 g/mol. The van der Waals surface area contributed by atoms with E-state index in [0.717, 1.165) is 18.6 Å². The standard InChI is InChI=1S/C24H34IO2.F6P/c1-2-3-4-5-6-7-8-9-10-23(26)19-27-24-17-13-21(14-18-24)20-11-15-22(25)16-12-20;1-7(2,3,4,5)6/h11-18,23,25-26H,2-10,19H2,1H3;/q+1;-1. The zero-order chi connectivity index (χ0) is 25.7. The molecule has 10 heteroatoms. The van der Waals surface area contributed by atoms with E-state index >= 15 is 0 Å². The molecule has 0 bridgehead atoms. The number of ether oxygens (including phenoxy) is 1. The molecule has 1 N–H and O–H groups in total. The zero-order valence-electron chi connectivity index (χ0n) is 19.2. The van der Waals surface area contributed by atoms with Crippen molar-refractivity contribution in [3.05, 3.63) is 52.1 Å². The summed E-state index contributed by atoms with van der Waals surface area (Å²) in [5.41, 5.74) is 2.40. The molecule has 0 fully saturated rings. The van der Waals surface area contributed by atoms with Crippen molar-refractivity contribution in [1.29, 1.82) is 0 Å². The van der Waals surface area contributed by atoms with Crippen LogP contribution in [0.1, 0.15) is 64.7 Å². The molecule has 0 aromatic heterocycles. The fourth-order valence-corrected chi connectivity index (χ4v) is 3.57. The van der Waals surface area contributed by atoms with Gasteiger partial charge in [0.25, 0.3) is 22.6 Å². The maximum absolute atomic E-state index is 10.7. The van der Waals surface area contributed by atoms with Crippen molar-refractivity contribution in [2.45, 2.75) is 70.8 Å². The molecular weight excluding hydrogens is 592 g/mol. The molecule has 0 aliphatic rings.